The van der Waals surface area contributed by atoms with Gasteiger partial charge in [0.15, 0.2) is 0 Å². The van der Waals surface area contributed by atoms with E-state index in [1.807, 2.05) is 34.5 Å². The number of carbonyl (C=O) groups is 1. The lowest BCUT2D eigenvalue weighted by Gasteiger charge is -2.20. The molecule has 0 N–H and O–H groups in total. The molecule has 0 unspecified atom stereocenters. The van der Waals surface area contributed by atoms with Gasteiger partial charge in [-0.1, -0.05) is 35.9 Å². The van der Waals surface area contributed by atoms with Gasteiger partial charge in [-0.15, -0.1) is 17.9 Å². The number of nitrogens with zero attached hydrogens (tertiary/aromatic N) is 1. The third-order valence-corrected chi connectivity index (χ3v) is 4.01. The number of halogens is 1. The van der Waals surface area contributed by atoms with Crippen LogP contribution in [0.4, 0.5) is 0 Å². The maximum Gasteiger partial charge on any atom is 0.227 e. The Morgan fingerprint density at radius 3 is 2.65 bits per heavy atom. The maximum atomic E-state index is 12.4. The van der Waals surface area contributed by atoms with Crippen molar-refractivity contribution in [3.63, 3.8) is 0 Å². The van der Waals surface area contributed by atoms with Crippen molar-refractivity contribution >= 4 is 28.8 Å². The van der Waals surface area contributed by atoms with E-state index < -0.39 is 0 Å². The molecule has 0 aliphatic heterocycles. The highest BCUT2D eigenvalue weighted by Crippen LogP contribution is 2.14. The highest BCUT2D eigenvalue weighted by atomic mass is 35.5. The molecule has 4 heteroatoms. The molecule has 0 bridgehead atoms. The summed E-state index contributed by atoms with van der Waals surface area (Å²) in [7, 11) is 0. The number of carbonyl (C=O) groups excluding carboxylic acids is 1. The number of benzene rings is 1. The van der Waals surface area contributed by atoms with Gasteiger partial charge in [-0.05, 0) is 29.1 Å². The Balaban J connectivity index is 2.02. The van der Waals surface area contributed by atoms with Gasteiger partial charge in [0.05, 0.1) is 13.0 Å². The smallest absolute Gasteiger partial charge is 0.227 e. The van der Waals surface area contributed by atoms with E-state index in [2.05, 4.69) is 6.58 Å². The Labute approximate surface area is 128 Å². The molecule has 1 aromatic carbocycles. The molecule has 1 heterocycles. The first-order valence-corrected chi connectivity index (χ1v) is 7.60. The predicted octanol–water partition coefficient (Wildman–Crippen LogP) is 4.16. The second kappa shape index (κ2) is 7.27. The standard InChI is InChI=1S/C16H16ClNOS/c1-2-9-18(12-15-4-3-10-20-15)16(19)11-13-5-7-14(17)8-6-13/h2-8,10H,1,9,11-12H2. The predicted molar refractivity (Wildman–Crippen MR) is 85.1 cm³/mol. The SMILES string of the molecule is C=CCN(Cc1cccs1)C(=O)Cc1ccc(Cl)cc1. The summed E-state index contributed by atoms with van der Waals surface area (Å²) >= 11 is 7.51. The molecule has 0 radical (unpaired) electrons. The maximum absolute atomic E-state index is 12.4. The normalized spacial score (nSPS) is 10.2. The van der Waals surface area contributed by atoms with E-state index >= 15 is 0 Å². The minimum absolute atomic E-state index is 0.0978. The second-order valence-electron chi connectivity index (χ2n) is 4.45. The van der Waals surface area contributed by atoms with Crippen molar-refractivity contribution in [2.45, 2.75) is 13.0 Å². The summed E-state index contributed by atoms with van der Waals surface area (Å²) in [4.78, 5) is 15.4. The lowest BCUT2D eigenvalue weighted by molar-refractivity contribution is -0.130. The Bertz CT molecular complexity index is 563. The third kappa shape index (κ3) is 4.22. The van der Waals surface area contributed by atoms with Gasteiger partial charge < -0.3 is 4.90 Å². The first-order valence-electron chi connectivity index (χ1n) is 6.34. The molecule has 0 atom stereocenters. The molecule has 1 amide bonds. The van der Waals surface area contributed by atoms with Gasteiger partial charge >= 0.3 is 0 Å². The third-order valence-electron chi connectivity index (χ3n) is 2.90. The monoisotopic (exact) mass is 305 g/mol. The van der Waals surface area contributed by atoms with Gasteiger partial charge in [0.25, 0.3) is 0 Å². The van der Waals surface area contributed by atoms with Crippen LogP contribution in [0.1, 0.15) is 10.4 Å². The van der Waals surface area contributed by atoms with E-state index in [1.54, 1.807) is 29.5 Å². The van der Waals surface area contributed by atoms with E-state index in [-0.39, 0.29) is 5.91 Å². The van der Waals surface area contributed by atoms with E-state index in [9.17, 15) is 4.79 Å². The Morgan fingerprint density at radius 1 is 1.30 bits per heavy atom. The Kier molecular flexibility index (Phi) is 5.39. The van der Waals surface area contributed by atoms with Gasteiger partial charge in [0, 0.05) is 16.4 Å². The lowest BCUT2D eigenvalue weighted by Crippen LogP contribution is -2.31. The fourth-order valence-corrected chi connectivity index (χ4v) is 2.74. The van der Waals surface area contributed by atoms with E-state index in [0.717, 1.165) is 5.56 Å². The van der Waals surface area contributed by atoms with E-state index in [0.29, 0.717) is 24.5 Å². The Morgan fingerprint density at radius 2 is 2.05 bits per heavy atom. The quantitative estimate of drug-likeness (QED) is 0.734. The number of hydrogen-bond donors (Lipinski definition) is 0. The summed E-state index contributed by atoms with van der Waals surface area (Å²) in [6, 6.07) is 11.4. The van der Waals surface area contributed by atoms with Crippen molar-refractivity contribution in [1.82, 2.24) is 4.90 Å². The zero-order valence-corrected chi connectivity index (χ0v) is 12.7. The van der Waals surface area contributed by atoms with Crippen molar-refractivity contribution in [2.75, 3.05) is 6.54 Å². The van der Waals surface area contributed by atoms with Gasteiger partial charge in [0.1, 0.15) is 0 Å². The minimum atomic E-state index is 0.0978. The fraction of sp³-hybridized carbons (Fsp3) is 0.188. The molecule has 0 aliphatic rings. The molecule has 0 aliphatic carbocycles. The zero-order chi connectivity index (χ0) is 14.4. The van der Waals surface area contributed by atoms with Gasteiger partial charge in [-0.2, -0.15) is 0 Å². The summed E-state index contributed by atoms with van der Waals surface area (Å²) in [6.45, 7) is 4.92. The molecule has 2 rings (SSSR count). The summed E-state index contributed by atoms with van der Waals surface area (Å²) < 4.78 is 0. The van der Waals surface area contributed by atoms with Crippen molar-refractivity contribution in [1.29, 1.82) is 0 Å². The molecule has 1 aromatic heterocycles. The van der Waals surface area contributed by atoms with Crippen LogP contribution in [0, 0.1) is 0 Å². The topological polar surface area (TPSA) is 20.3 Å². The number of thiophene rings is 1. The van der Waals surface area contributed by atoms with Crippen molar-refractivity contribution < 1.29 is 4.79 Å². The molecule has 0 saturated heterocycles. The first kappa shape index (κ1) is 14.8. The molecule has 2 aromatic rings. The molecule has 0 saturated carbocycles. The van der Waals surface area contributed by atoms with Crippen LogP contribution in [0.3, 0.4) is 0 Å². The van der Waals surface area contributed by atoms with E-state index in [1.165, 1.54) is 4.88 Å². The average molecular weight is 306 g/mol. The van der Waals surface area contributed by atoms with Crippen LogP contribution in [0.5, 0.6) is 0 Å². The number of hydrogen-bond acceptors (Lipinski definition) is 2. The van der Waals surface area contributed by atoms with Gasteiger partial charge in [-0.25, -0.2) is 0 Å². The number of amides is 1. The van der Waals surface area contributed by atoms with Crippen LogP contribution in [-0.2, 0) is 17.8 Å². The summed E-state index contributed by atoms with van der Waals surface area (Å²) in [5.74, 6) is 0.0978. The summed E-state index contributed by atoms with van der Waals surface area (Å²) in [6.07, 6.45) is 2.14. The minimum Gasteiger partial charge on any atom is -0.334 e. The lowest BCUT2D eigenvalue weighted by atomic mass is 10.1. The van der Waals surface area contributed by atoms with Crippen LogP contribution >= 0.6 is 22.9 Å². The molecule has 0 spiro atoms. The fourth-order valence-electron chi connectivity index (χ4n) is 1.89. The molecule has 20 heavy (non-hydrogen) atoms. The largest absolute Gasteiger partial charge is 0.334 e. The molecule has 104 valence electrons. The molecule has 2 nitrogen and oxygen atoms in total. The van der Waals surface area contributed by atoms with Crippen molar-refractivity contribution in [3.8, 4) is 0 Å². The second-order valence-corrected chi connectivity index (χ2v) is 5.91. The van der Waals surface area contributed by atoms with E-state index in [4.69, 9.17) is 11.6 Å². The molecule has 0 fully saturated rings. The van der Waals surface area contributed by atoms with Crippen LogP contribution in [0.25, 0.3) is 0 Å². The zero-order valence-electron chi connectivity index (χ0n) is 11.1. The van der Waals surface area contributed by atoms with Crippen molar-refractivity contribution in [2.24, 2.45) is 0 Å². The van der Waals surface area contributed by atoms with Crippen LogP contribution in [0.2, 0.25) is 5.02 Å². The van der Waals surface area contributed by atoms with Crippen LogP contribution in [-0.4, -0.2) is 17.4 Å². The van der Waals surface area contributed by atoms with Crippen LogP contribution in [0.15, 0.2) is 54.4 Å². The average Bonchev–Trinajstić information content (AvgIpc) is 2.94. The van der Waals surface area contributed by atoms with Crippen molar-refractivity contribution in [3.05, 3.63) is 69.9 Å². The molecular formula is C16H16ClNOS. The highest BCUT2D eigenvalue weighted by molar-refractivity contribution is 7.09. The first-order chi connectivity index (χ1) is 9.69. The molecular weight excluding hydrogens is 290 g/mol. The summed E-state index contributed by atoms with van der Waals surface area (Å²) in [5, 5.41) is 2.70. The van der Waals surface area contributed by atoms with Gasteiger partial charge in [-0.3, -0.25) is 4.79 Å². The number of rotatable bonds is 6. The summed E-state index contributed by atoms with van der Waals surface area (Å²) in [5.41, 5.74) is 0.972. The Hall–Kier alpha value is -1.58. The van der Waals surface area contributed by atoms with Crippen LogP contribution < -0.4 is 0 Å². The highest BCUT2D eigenvalue weighted by Gasteiger charge is 2.13. The van der Waals surface area contributed by atoms with Gasteiger partial charge in [0.2, 0.25) is 5.91 Å².